The highest BCUT2D eigenvalue weighted by Gasteiger charge is 2.16. The van der Waals surface area contributed by atoms with Gasteiger partial charge in [-0.25, -0.2) is 13.1 Å². The number of rotatable bonds is 6. The minimum atomic E-state index is -3.78. The summed E-state index contributed by atoms with van der Waals surface area (Å²) < 4.78 is 31.5. The molecule has 0 aliphatic heterocycles. The van der Waals surface area contributed by atoms with Gasteiger partial charge in [0.2, 0.25) is 15.9 Å². The fourth-order valence-corrected chi connectivity index (χ4v) is 3.08. The van der Waals surface area contributed by atoms with Crippen molar-refractivity contribution in [2.75, 3.05) is 19.0 Å². The molecule has 0 aliphatic rings. The van der Waals surface area contributed by atoms with Crippen molar-refractivity contribution in [3.63, 3.8) is 0 Å². The second-order valence-electron chi connectivity index (χ2n) is 5.01. The van der Waals surface area contributed by atoms with E-state index in [2.05, 4.69) is 10.0 Å². The second-order valence-corrected chi connectivity index (χ2v) is 7.21. The van der Waals surface area contributed by atoms with Crippen molar-refractivity contribution in [3.8, 4) is 5.75 Å². The van der Waals surface area contributed by atoms with E-state index in [-0.39, 0.29) is 11.4 Å². The average molecular weight is 369 g/mol. The Balaban J connectivity index is 2.00. The summed E-state index contributed by atoms with van der Waals surface area (Å²) in [4.78, 5) is 12.0. The number of nitrogens with one attached hydrogen (secondary N) is 2. The van der Waals surface area contributed by atoms with Crippen LogP contribution in [0.4, 0.5) is 5.69 Å². The van der Waals surface area contributed by atoms with E-state index in [0.717, 1.165) is 5.56 Å². The molecule has 2 aromatic rings. The van der Waals surface area contributed by atoms with Gasteiger partial charge in [-0.3, -0.25) is 4.79 Å². The molecule has 0 aromatic heterocycles. The Bertz CT molecular complexity index is 836. The Labute approximate surface area is 145 Å². The van der Waals surface area contributed by atoms with Crippen LogP contribution in [0.2, 0.25) is 5.02 Å². The maximum Gasteiger partial charge on any atom is 0.241 e. The Morgan fingerprint density at radius 2 is 1.83 bits per heavy atom. The van der Waals surface area contributed by atoms with Crippen molar-refractivity contribution < 1.29 is 17.9 Å². The summed E-state index contributed by atoms with van der Waals surface area (Å²) in [6.45, 7) is 1.42. The first-order valence-electron chi connectivity index (χ1n) is 7.01. The predicted molar refractivity (Wildman–Crippen MR) is 93.0 cm³/mol. The van der Waals surface area contributed by atoms with Crippen molar-refractivity contribution >= 4 is 33.2 Å². The van der Waals surface area contributed by atoms with Crippen LogP contribution in [0.15, 0.2) is 47.4 Å². The van der Waals surface area contributed by atoms with Crippen LogP contribution in [-0.4, -0.2) is 28.0 Å². The molecule has 1 amide bonds. The van der Waals surface area contributed by atoms with Crippen LogP contribution < -0.4 is 14.8 Å². The number of amides is 1. The number of methoxy groups -OCH3 is 1. The fraction of sp³-hybridized carbons (Fsp3) is 0.188. The number of carbonyl (C=O) groups excluding carboxylic acids is 1. The lowest BCUT2D eigenvalue weighted by atomic mass is 10.2. The van der Waals surface area contributed by atoms with Gasteiger partial charge < -0.3 is 10.1 Å². The molecule has 0 radical (unpaired) electrons. The van der Waals surface area contributed by atoms with Gasteiger partial charge in [0.25, 0.3) is 0 Å². The summed E-state index contributed by atoms with van der Waals surface area (Å²) in [5.74, 6) is 0.0561. The average Bonchev–Trinajstić information content (AvgIpc) is 2.56. The topological polar surface area (TPSA) is 84.5 Å². The van der Waals surface area contributed by atoms with Gasteiger partial charge in [0.05, 0.1) is 18.6 Å². The Morgan fingerprint density at radius 1 is 1.17 bits per heavy atom. The number of hydrogen-bond acceptors (Lipinski definition) is 4. The maximum absolute atomic E-state index is 12.2. The number of aryl methyl sites for hydroxylation is 1. The van der Waals surface area contributed by atoms with E-state index in [9.17, 15) is 13.2 Å². The first-order valence-corrected chi connectivity index (χ1v) is 8.87. The summed E-state index contributed by atoms with van der Waals surface area (Å²) in [5.41, 5.74) is 1.36. The van der Waals surface area contributed by atoms with Crippen molar-refractivity contribution in [2.24, 2.45) is 0 Å². The molecule has 0 unspecified atom stereocenters. The first kappa shape index (κ1) is 18.3. The van der Waals surface area contributed by atoms with Crippen LogP contribution in [-0.2, 0) is 14.8 Å². The SMILES string of the molecule is COc1ccc(S(=O)(=O)NCC(=O)Nc2cc(Cl)ccc2C)cc1. The number of hydrogen-bond donors (Lipinski definition) is 2. The minimum absolute atomic E-state index is 0.0510. The van der Waals surface area contributed by atoms with Crippen LogP contribution in [0.25, 0.3) is 0 Å². The van der Waals surface area contributed by atoms with Crippen molar-refractivity contribution in [2.45, 2.75) is 11.8 Å². The zero-order valence-corrected chi connectivity index (χ0v) is 14.7. The largest absolute Gasteiger partial charge is 0.497 e. The molecule has 0 bridgehead atoms. The van der Waals surface area contributed by atoms with Gasteiger partial charge in [-0.15, -0.1) is 0 Å². The summed E-state index contributed by atoms with van der Waals surface area (Å²) in [6.07, 6.45) is 0. The number of carbonyl (C=O) groups is 1. The highest BCUT2D eigenvalue weighted by Crippen LogP contribution is 2.20. The van der Waals surface area contributed by atoms with Gasteiger partial charge in [0, 0.05) is 10.7 Å². The van der Waals surface area contributed by atoms with Crippen molar-refractivity contribution in [1.82, 2.24) is 4.72 Å². The molecule has 0 atom stereocenters. The van der Waals surface area contributed by atoms with E-state index in [1.165, 1.54) is 31.4 Å². The lowest BCUT2D eigenvalue weighted by Gasteiger charge is -2.10. The zero-order valence-electron chi connectivity index (χ0n) is 13.2. The predicted octanol–water partition coefficient (Wildman–Crippen LogP) is 2.57. The maximum atomic E-state index is 12.2. The van der Waals surface area contributed by atoms with E-state index in [1.807, 2.05) is 6.92 Å². The molecule has 8 heteroatoms. The molecule has 0 fully saturated rings. The smallest absolute Gasteiger partial charge is 0.241 e. The molecule has 6 nitrogen and oxygen atoms in total. The number of anilines is 1. The van der Waals surface area contributed by atoms with Crippen molar-refractivity contribution in [3.05, 3.63) is 53.1 Å². The van der Waals surface area contributed by atoms with Gasteiger partial charge >= 0.3 is 0 Å². The second kappa shape index (κ2) is 7.65. The van der Waals surface area contributed by atoms with E-state index < -0.39 is 15.9 Å². The van der Waals surface area contributed by atoms with E-state index in [1.54, 1.807) is 18.2 Å². The Morgan fingerprint density at radius 3 is 2.46 bits per heavy atom. The van der Waals surface area contributed by atoms with Gasteiger partial charge in [-0.05, 0) is 48.9 Å². The van der Waals surface area contributed by atoms with Crippen LogP contribution >= 0.6 is 11.6 Å². The molecule has 2 N–H and O–H groups in total. The third-order valence-corrected chi connectivity index (χ3v) is 4.92. The number of sulfonamides is 1. The summed E-state index contributed by atoms with van der Waals surface area (Å²) in [7, 11) is -2.29. The van der Waals surface area contributed by atoms with Crippen LogP contribution in [0.5, 0.6) is 5.75 Å². The number of ether oxygens (including phenoxy) is 1. The van der Waals surface area contributed by atoms with E-state index >= 15 is 0 Å². The fourth-order valence-electron chi connectivity index (χ4n) is 1.92. The summed E-state index contributed by atoms with van der Waals surface area (Å²) in [6, 6.07) is 10.9. The van der Waals surface area contributed by atoms with E-state index in [4.69, 9.17) is 16.3 Å². The minimum Gasteiger partial charge on any atom is -0.497 e. The van der Waals surface area contributed by atoms with Crippen LogP contribution in [0, 0.1) is 6.92 Å². The van der Waals surface area contributed by atoms with Crippen LogP contribution in [0.1, 0.15) is 5.56 Å². The number of benzene rings is 2. The molecule has 0 heterocycles. The van der Waals surface area contributed by atoms with E-state index in [0.29, 0.717) is 16.5 Å². The third-order valence-electron chi connectivity index (χ3n) is 3.27. The molecular formula is C16H17ClN2O4S. The lowest BCUT2D eigenvalue weighted by Crippen LogP contribution is -2.33. The Hall–Kier alpha value is -2.09. The molecule has 0 saturated heterocycles. The monoisotopic (exact) mass is 368 g/mol. The summed E-state index contributed by atoms with van der Waals surface area (Å²) in [5, 5.41) is 3.10. The summed E-state index contributed by atoms with van der Waals surface area (Å²) >= 11 is 5.88. The highest BCUT2D eigenvalue weighted by atomic mass is 35.5. The molecule has 0 saturated carbocycles. The third kappa shape index (κ3) is 4.70. The molecule has 2 rings (SSSR count). The highest BCUT2D eigenvalue weighted by molar-refractivity contribution is 7.89. The van der Waals surface area contributed by atoms with Gasteiger partial charge in [0.15, 0.2) is 0 Å². The zero-order chi connectivity index (χ0) is 17.7. The first-order chi connectivity index (χ1) is 11.3. The number of halogens is 1. The van der Waals surface area contributed by atoms with Crippen LogP contribution in [0.3, 0.4) is 0 Å². The van der Waals surface area contributed by atoms with Gasteiger partial charge in [-0.1, -0.05) is 17.7 Å². The molecule has 0 aliphatic carbocycles. The Kier molecular flexibility index (Phi) is 5.82. The molecular weight excluding hydrogens is 352 g/mol. The quantitative estimate of drug-likeness (QED) is 0.820. The standard InChI is InChI=1S/C16H17ClN2O4S/c1-11-3-4-12(17)9-15(11)19-16(20)10-18-24(21,22)14-7-5-13(23-2)6-8-14/h3-9,18H,10H2,1-2H3,(H,19,20). The van der Waals surface area contributed by atoms with Gasteiger partial charge in [0.1, 0.15) is 5.75 Å². The lowest BCUT2D eigenvalue weighted by molar-refractivity contribution is -0.115. The molecule has 2 aromatic carbocycles. The molecule has 24 heavy (non-hydrogen) atoms. The van der Waals surface area contributed by atoms with Crippen molar-refractivity contribution in [1.29, 1.82) is 0 Å². The normalized spacial score (nSPS) is 11.1. The molecule has 128 valence electrons. The molecule has 0 spiro atoms. The van der Waals surface area contributed by atoms with Gasteiger partial charge in [-0.2, -0.15) is 0 Å².